The van der Waals surface area contributed by atoms with E-state index in [2.05, 4.69) is 4.72 Å². The lowest BCUT2D eigenvalue weighted by molar-refractivity contribution is -0.112. The number of nitrogens with zero attached hydrogens (tertiary/aromatic N) is 1. The Kier molecular flexibility index (Phi) is 4.68. The van der Waals surface area contributed by atoms with Gasteiger partial charge < -0.3 is 4.90 Å². The summed E-state index contributed by atoms with van der Waals surface area (Å²) in [5.41, 5.74) is 3.30. The first-order valence-electron chi connectivity index (χ1n) is 8.05. The number of anilines is 1. The van der Waals surface area contributed by atoms with Gasteiger partial charge in [0, 0.05) is 24.7 Å². The van der Waals surface area contributed by atoms with Crippen molar-refractivity contribution in [1.82, 2.24) is 4.72 Å². The first-order valence-corrected chi connectivity index (χ1v) is 9.53. The van der Waals surface area contributed by atoms with Crippen molar-refractivity contribution in [3.63, 3.8) is 0 Å². The lowest BCUT2D eigenvalue weighted by atomic mass is 10.0. The van der Waals surface area contributed by atoms with E-state index in [1.165, 1.54) is 41.3 Å². The van der Waals surface area contributed by atoms with E-state index < -0.39 is 10.0 Å². The summed E-state index contributed by atoms with van der Waals surface area (Å²) in [6.45, 7) is 3.70. The predicted octanol–water partition coefficient (Wildman–Crippen LogP) is 3.07. The normalized spacial score (nSPS) is 13.9. The second-order valence-corrected chi connectivity index (χ2v) is 8.14. The van der Waals surface area contributed by atoms with Crippen LogP contribution in [0.3, 0.4) is 0 Å². The van der Waals surface area contributed by atoms with Crippen LogP contribution in [0.2, 0.25) is 0 Å². The summed E-state index contributed by atoms with van der Waals surface area (Å²) >= 11 is 0. The molecule has 0 bridgehead atoms. The van der Waals surface area contributed by atoms with E-state index in [1.807, 2.05) is 13.8 Å². The number of fused-ring (bicyclic) bond motifs is 1. The van der Waals surface area contributed by atoms with Crippen LogP contribution in [0.15, 0.2) is 52.9 Å². The zero-order valence-electron chi connectivity index (χ0n) is 14.7. The number of nitrogens with one attached hydrogen (secondary N) is 1. The Bertz CT molecular complexity index is 1010. The first kappa shape index (κ1) is 18.3. The highest BCUT2D eigenvalue weighted by Gasteiger charge is 2.31. The second-order valence-electron chi connectivity index (χ2n) is 6.37. The molecule has 0 aliphatic carbocycles. The Hall–Kier alpha value is -2.51. The largest absolute Gasteiger partial charge is 0.311 e. The number of amides is 1. The Morgan fingerprint density at radius 3 is 2.38 bits per heavy atom. The van der Waals surface area contributed by atoms with Crippen LogP contribution in [0.5, 0.6) is 0 Å². The van der Waals surface area contributed by atoms with Crippen LogP contribution in [-0.2, 0) is 21.4 Å². The Labute approximate surface area is 152 Å². The van der Waals surface area contributed by atoms with Gasteiger partial charge in [0.2, 0.25) is 10.0 Å². The molecule has 0 fully saturated rings. The Balaban J connectivity index is 1.91. The van der Waals surface area contributed by atoms with Crippen molar-refractivity contribution in [3.05, 3.63) is 65.0 Å². The van der Waals surface area contributed by atoms with Crippen molar-refractivity contribution in [1.29, 1.82) is 0 Å². The lowest BCUT2D eigenvalue weighted by Crippen LogP contribution is -2.23. The minimum absolute atomic E-state index is 0.0496. The highest BCUT2D eigenvalue weighted by atomic mass is 32.2. The molecule has 3 rings (SSSR count). The molecule has 0 atom stereocenters. The molecule has 1 N–H and O–H groups in total. The van der Waals surface area contributed by atoms with Gasteiger partial charge in [0.15, 0.2) is 0 Å². The van der Waals surface area contributed by atoms with Crippen molar-refractivity contribution < 1.29 is 17.6 Å². The van der Waals surface area contributed by atoms with E-state index in [-0.39, 0.29) is 23.2 Å². The molecule has 0 aromatic heterocycles. The van der Waals surface area contributed by atoms with Gasteiger partial charge >= 0.3 is 0 Å². The Morgan fingerprint density at radius 1 is 1.12 bits per heavy atom. The molecule has 0 radical (unpaired) electrons. The van der Waals surface area contributed by atoms with Crippen LogP contribution in [0.25, 0.3) is 5.57 Å². The maximum absolute atomic E-state index is 12.9. The van der Waals surface area contributed by atoms with E-state index in [9.17, 15) is 17.6 Å². The topological polar surface area (TPSA) is 66.5 Å². The third-order valence-corrected chi connectivity index (χ3v) is 5.71. The van der Waals surface area contributed by atoms with E-state index in [0.29, 0.717) is 22.4 Å². The van der Waals surface area contributed by atoms with Crippen LogP contribution in [0.4, 0.5) is 10.1 Å². The molecule has 1 heterocycles. The van der Waals surface area contributed by atoms with Crippen molar-refractivity contribution in [2.24, 2.45) is 0 Å². The average molecular weight is 374 g/mol. The van der Waals surface area contributed by atoms with Gasteiger partial charge in [0.25, 0.3) is 5.91 Å². The lowest BCUT2D eigenvalue weighted by Gasteiger charge is -2.11. The van der Waals surface area contributed by atoms with E-state index in [4.69, 9.17) is 0 Å². The SMILES string of the molecule is CC(C)=C1C(=O)N(C)c2ccc(S(=O)(=O)NCc3ccc(F)cc3)cc21. The fourth-order valence-electron chi connectivity index (χ4n) is 2.91. The van der Waals surface area contributed by atoms with Crippen LogP contribution in [0.1, 0.15) is 25.0 Å². The van der Waals surface area contributed by atoms with Crippen molar-refractivity contribution in [3.8, 4) is 0 Å². The average Bonchev–Trinajstić information content (AvgIpc) is 2.85. The molecule has 0 unspecified atom stereocenters. The number of hydrogen-bond acceptors (Lipinski definition) is 3. The molecule has 1 amide bonds. The molecular formula is C19H19FN2O3S. The van der Waals surface area contributed by atoms with Crippen molar-refractivity contribution in [2.45, 2.75) is 25.3 Å². The molecule has 1 aliphatic heterocycles. The smallest absolute Gasteiger partial charge is 0.258 e. The standard InChI is InChI=1S/C19H19FN2O3S/c1-12(2)18-16-10-15(8-9-17(16)22(3)19(18)23)26(24,25)21-11-13-4-6-14(20)7-5-13/h4-10,21H,11H2,1-3H3. The molecule has 136 valence electrons. The minimum Gasteiger partial charge on any atom is -0.311 e. The summed E-state index contributed by atoms with van der Waals surface area (Å²) in [4.78, 5) is 14.0. The third kappa shape index (κ3) is 3.27. The molecular weight excluding hydrogens is 355 g/mol. The van der Waals surface area contributed by atoms with Gasteiger partial charge in [0.1, 0.15) is 5.82 Å². The molecule has 26 heavy (non-hydrogen) atoms. The number of carbonyl (C=O) groups is 1. The van der Waals surface area contributed by atoms with Gasteiger partial charge in [0.05, 0.1) is 10.6 Å². The monoisotopic (exact) mass is 374 g/mol. The first-order chi connectivity index (χ1) is 12.2. The fourth-order valence-corrected chi connectivity index (χ4v) is 3.96. The molecule has 1 aliphatic rings. The van der Waals surface area contributed by atoms with Gasteiger partial charge in [-0.3, -0.25) is 4.79 Å². The van der Waals surface area contributed by atoms with Gasteiger partial charge in [-0.2, -0.15) is 0 Å². The second kappa shape index (κ2) is 6.66. The van der Waals surface area contributed by atoms with Crippen LogP contribution in [0, 0.1) is 5.82 Å². The molecule has 5 nitrogen and oxygen atoms in total. The summed E-state index contributed by atoms with van der Waals surface area (Å²) in [5.74, 6) is -0.521. The number of allylic oxidation sites excluding steroid dienone is 1. The zero-order valence-corrected chi connectivity index (χ0v) is 15.5. The van der Waals surface area contributed by atoms with E-state index in [0.717, 1.165) is 5.57 Å². The fraction of sp³-hybridized carbons (Fsp3) is 0.211. The molecule has 2 aromatic carbocycles. The summed E-state index contributed by atoms with van der Waals surface area (Å²) in [6.07, 6.45) is 0. The number of rotatable bonds is 4. The number of benzene rings is 2. The van der Waals surface area contributed by atoms with Gasteiger partial charge in [-0.15, -0.1) is 0 Å². The van der Waals surface area contributed by atoms with Crippen molar-refractivity contribution in [2.75, 3.05) is 11.9 Å². The number of sulfonamides is 1. The third-order valence-electron chi connectivity index (χ3n) is 4.31. The van der Waals surface area contributed by atoms with Gasteiger partial charge in [-0.05, 0) is 49.7 Å². The highest BCUT2D eigenvalue weighted by Crippen LogP contribution is 2.38. The van der Waals surface area contributed by atoms with Crippen molar-refractivity contribution >= 4 is 27.2 Å². The van der Waals surface area contributed by atoms with Crippen LogP contribution >= 0.6 is 0 Å². The van der Waals surface area contributed by atoms with Gasteiger partial charge in [-0.1, -0.05) is 17.7 Å². The zero-order chi connectivity index (χ0) is 19.1. The Morgan fingerprint density at radius 2 is 1.77 bits per heavy atom. The summed E-state index contributed by atoms with van der Waals surface area (Å²) < 4.78 is 40.7. The van der Waals surface area contributed by atoms with Crippen LogP contribution in [-0.4, -0.2) is 21.4 Å². The molecule has 0 saturated heterocycles. The van der Waals surface area contributed by atoms with Gasteiger partial charge in [-0.25, -0.2) is 17.5 Å². The molecule has 2 aromatic rings. The number of halogens is 1. The number of carbonyl (C=O) groups excluding carboxylic acids is 1. The maximum atomic E-state index is 12.9. The van der Waals surface area contributed by atoms with E-state index in [1.54, 1.807) is 13.1 Å². The summed E-state index contributed by atoms with van der Waals surface area (Å²) in [5, 5.41) is 0. The maximum Gasteiger partial charge on any atom is 0.258 e. The molecule has 7 heteroatoms. The van der Waals surface area contributed by atoms with E-state index >= 15 is 0 Å². The quantitative estimate of drug-likeness (QED) is 0.837. The number of likely N-dealkylation sites (N-methyl/N-ethyl adjacent to an activating group) is 1. The van der Waals surface area contributed by atoms with Crippen LogP contribution < -0.4 is 9.62 Å². The minimum atomic E-state index is -3.77. The summed E-state index contributed by atoms with van der Waals surface area (Å²) in [6, 6.07) is 10.2. The summed E-state index contributed by atoms with van der Waals surface area (Å²) in [7, 11) is -2.11. The number of hydrogen-bond donors (Lipinski definition) is 1. The molecule has 0 spiro atoms. The highest BCUT2D eigenvalue weighted by molar-refractivity contribution is 7.89. The predicted molar refractivity (Wildman–Crippen MR) is 98.5 cm³/mol. The molecule has 0 saturated carbocycles.